The molecule has 8 aromatic carbocycles. The number of rotatable bonds is 7. The van der Waals surface area contributed by atoms with E-state index in [0.717, 1.165) is 74.7 Å². The van der Waals surface area contributed by atoms with Gasteiger partial charge in [-0.15, -0.1) is 22.7 Å². The molecule has 4 nitrogen and oxygen atoms in total. The van der Waals surface area contributed by atoms with Gasteiger partial charge in [-0.25, -0.2) is 0 Å². The van der Waals surface area contributed by atoms with Crippen molar-refractivity contribution in [3.05, 3.63) is 157 Å². The van der Waals surface area contributed by atoms with Gasteiger partial charge >= 0.3 is 0 Å². The number of fused-ring (bicyclic) bond motifs is 8. The highest BCUT2D eigenvalue weighted by Crippen LogP contribution is 2.49. The summed E-state index contributed by atoms with van der Waals surface area (Å²) in [7, 11) is 0. The van der Waals surface area contributed by atoms with Crippen LogP contribution in [0.1, 0.15) is 11.1 Å². The summed E-state index contributed by atoms with van der Waals surface area (Å²) >= 11 is 3.38. The van der Waals surface area contributed by atoms with E-state index in [9.17, 15) is 10.2 Å². The summed E-state index contributed by atoms with van der Waals surface area (Å²) in [6.07, 6.45) is 0. The van der Waals surface area contributed by atoms with Gasteiger partial charge < -0.3 is 19.7 Å². The zero-order valence-corrected chi connectivity index (χ0v) is 29.4. The van der Waals surface area contributed by atoms with Gasteiger partial charge in [0.05, 0.1) is 13.2 Å². The van der Waals surface area contributed by atoms with Gasteiger partial charge in [0.15, 0.2) is 0 Å². The first-order valence-electron chi connectivity index (χ1n) is 17.2. The molecule has 10 aromatic rings. The number of hydrogen-bond acceptors (Lipinski definition) is 6. The van der Waals surface area contributed by atoms with Crippen LogP contribution in [0.5, 0.6) is 23.0 Å². The molecule has 0 saturated heterocycles. The molecule has 0 aliphatic carbocycles. The average Bonchev–Trinajstić information content (AvgIpc) is 3.76. The molecule has 2 N–H and O–H groups in total. The Labute approximate surface area is 307 Å². The third-order valence-electron chi connectivity index (χ3n) is 9.89. The molecule has 0 atom stereocenters. The highest BCUT2D eigenvalue weighted by atomic mass is 32.1. The Kier molecular flexibility index (Phi) is 7.44. The molecular weight excluding hydrogens is 681 g/mol. The summed E-state index contributed by atoms with van der Waals surface area (Å²) in [5.41, 5.74) is 3.49. The van der Waals surface area contributed by atoms with Crippen molar-refractivity contribution in [2.75, 3.05) is 0 Å². The fraction of sp³-hybridized carbons (Fsp3) is 0.0435. The van der Waals surface area contributed by atoms with Crippen LogP contribution < -0.4 is 9.47 Å². The summed E-state index contributed by atoms with van der Waals surface area (Å²) in [4.78, 5) is 0. The zero-order valence-electron chi connectivity index (χ0n) is 27.8. The van der Waals surface area contributed by atoms with E-state index in [4.69, 9.17) is 9.47 Å². The van der Waals surface area contributed by atoms with Crippen LogP contribution in [0.2, 0.25) is 0 Å². The lowest BCUT2D eigenvalue weighted by Gasteiger charge is -2.20. The van der Waals surface area contributed by atoms with Gasteiger partial charge in [-0.3, -0.25) is 0 Å². The molecule has 2 aromatic heterocycles. The van der Waals surface area contributed by atoms with E-state index in [1.54, 1.807) is 22.7 Å². The van der Waals surface area contributed by atoms with Crippen molar-refractivity contribution in [2.24, 2.45) is 0 Å². The lowest BCUT2D eigenvalue weighted by Crippen LogP contribution is -1.96. The van der Waals surface area contributed by atoms with E-state index in [1.165, 1.54) is 9.40 Å². The normalized spacial score (nSPS) is 11.8. The first kappa shape index (κ1) is 31.0. The highest BCUT2D eigenvalue weighted by molar-refractivity contribution is 7.26. The molecule has 0 unspecified atom stereocenters. The van der Waals surface area contributed by atoms with Crippen molar-refractivity contribution in [2.45, 2.75) is 13.2 Å². The number of hydrogen-bond donors (Lipinski definition) is 2. The van der Waals surface area contributed by atoms with E-state index in [0.29, 0.717) is 23.0 Å². The molecule has 52 heavy (non-hydrogen) atoms. The Balaban J connectivity index is 1.20. The number of aliphatic hydroxyl groups excluding tert-OH is 2. The third kappa shape index (κ3) is 5.03. The molecule has 0 spiro atoms. The van der Waals surface area contributed by atoms with Crippen LogP contribution in [-0.4, -0.2) is 10.2 Å². The second kappa shape index (κ2) is 12.5. The van der Waals surface area contributed by atoms with Gasteiger partial charge in [0.1, 0.15) is 23.0 Å². The van der Waals surface area contributed by atoms with E-state index in [1.807, 2.05) is 60.7 Å². The van der Waals surface area contributed by atoms with Gasteiger partial charge in [0.25, 0.3) is 0 Å². The van der Waals surface area contributed by atoms with Crippen molar-refractivity contribution >= 4 is 84.6 Å². The van der Waals surface area contributed by atoms with Gasteiger partial charge in [-0.05, 0) is 81.2 Å². The van der Waals surface area contributed by atoms with Crippen LogP contribution in [0.4, 0.5) is 0 Å². The quantitative estimate of drug-likeness (QED) is 0.173. The zero-order chi connectivity index (χ0) is 34.8. The molecular formula is C46H30O4S2. The summed E-state index contributed by atoms with van der Waals surface area (Å²) in [6.45, 7) is -0.183. The van der Waals surface area contributed by atoms with Crippen molar-refractivity contribution in [1.29, 1.82) is 0 Å². The standard InChI is InChI=1S/C46H30O4S2/c47-25-29-21-31(23-37-35-13-5-7-15-41(35)51-45(29)37)49-39-19-17-27-9-1-3-11-33(27)43(39)44-34-12-4-2-10-28(34)18-20-40(44)50-32-22-30(26-48)46-38(24-32)36-14-6-8-16-42(36)52-46/h1-24,47-48H,25-26H2. The number of benzene rings is 8. The molecule has 0 bridgehead atoms. The van der Waals surface area contributed by atoms with E-state index < -0.39 is 0 Å². The molecule has 6 heteroatoms. The lowest BCUT2D eigenvalue weighted by atomic mass is 9.92. The summed E-state index contributed by atoms with van der Waals surface area (Å²) in [6, 6.07) is 49.7. The van der Waals surface area contributed by atoms with Crippen molar-refractivity contribution < 1.29 is 19.7 Å². The molecule has 0 radical (unpaired) electrons. The number of aliphatic hydroxyl groups is 2. The van der Waals surface area contributed by atoms with Crippen molar-refractivity contribution in [3.63, 3.8) is 0 Å². The Morgan fingerprint density at radius 2 is 0.808 bits per heavy atom. The maximum atomic E-state index is 10.5. The summed E-state index contributed by atoms with van der Waals surface area (Å²) in [5, 5.41) is 29.6. The fourth-order valence-corrected chi connectivity index (χ4v) is 9.91. The van der Waals surface area contributed by atoms with E-state index in [-0.39, 0.29) is 13.2 Å². The molecule has 10 rings (SSSR count). The minimum atomic E-state index is -0.0913. The Morgan fingerprint density at radius 1 is 0.404 bits per heavy atom. The van der Waals surface area contributed by atoms with Gasteiger partial charge in [0, 0.05) is 51.5 Å². The largest absolute Gasteiger partial charge is 0.457 e. The Hall–Kier alpha value is -5.76. The number of thiophene rings is 2. The minimum absolute atomic E-state index is 0.0913. The van der Waals surface area contributed by atoms with Crippen molar-refractivity contribution in [3.8, 4) is 34.1 Å². The van der Waals surface area contributed by atoms with E-state index >= 15 is 0 Å². The molecule has 0 aliphatic heterocycles. The Bertz CT molecular complexity index is 2810. The minimum Gasteiger partial charge on any atom is -0.457 e. The third-order valence-corrected chi connectivity index (χ3v) is 12.4. The average molecular weight is 711 g/mol. The van der Waals surface area contributed by atoms with Crippen LogP contribution in [0.25, 0.3) is 73.0 Å². The maximum Gasteiger partial charge on any atom is 0.136 e. The Morgan fingerprint density at radius 3 is 1.25 bits per heavy atom. The second-order valence-corrected chi connectivity index (χ2v) is 15.1. The van der Waals surface area contributed by atoms with Crippen LogP contribution >= 0.6 is 22.7 Å². The molecule has 250 valence electrons. The smallest absolute Gasteiger partial charge is 0.136 e. The predicted octanol–water partition coefficient (Wildman–Crippen LogP) is 13.0. The maximum absolute atomic E-state index is 10.5. The van der Waals surface area contributed by atoms with Crippen LogP contribution in [0.3, 0.4) is 0 Å². The number of ether oxygens (including phenoxy) is 2. The highest BCUT2D eigenvalue weighted by Gasteiger charge is 2.22. The fourth-order valence-electron chi connectivity index (χ4n) is 7.53. The van der Waals surface area contributed by atoms with Crippen LogP contribution in [0.15, 0.2) is 146 Å². The molecule has 0 aliphatic rings. The van der Waals surface area contributed by atoms with Crippen molar-refractivity contribution in [1.82, 2.24) is 0 Å². The summed E-state index contributed by atoms with van der Waals surface area (Å²) in [5.74, 6) is 2.67. The van der Waals surface area contributed by atoms with Crippen LogP contribution in [-0.2, 0) is 13.2 Å². The predicted molar refractivity (Wildman–Crippen MR) is 218 cm³/mol. The van der Waals surface area contributed by atoms with E-state index in [2.05, 4.69) is 84.9 Å². The van der Waals surface area contributed by atoms with Gasteiger partial charge in [-0.2, -0.15) is 0 Å². The molecule has 0 saturated carbocycles. The first-order valence-corrected chi connectivity index (χ1v) is 18.8. The molecule has 0 fully saturated rings. The van der Waals surface area contributed by atoms with Crippen LogP contribution in [0, 0.1) is 0 Å². The topological polar surface area (TPSA) is 58.9 Å². The SMILES string of the molecule is OCc1cc(Oc2ccc3ccccc3c2-c2c(Oc3cc(CO)c4sc5ccccc5c4c3)ccc3ccccc23)cc2c1sc1ccccc12. The molecule has 0 amide bonds. The second-order valence-electron chi connectivity index (χ2n) is 13.0. The first-order chi connectivity index (χ1) is 25.7. The lowest BCUT2D eigenvalue weighted by molar-refractivity contribution is 0.283. The van der Waals surface area contributed by atoms with Gasteiger partial charge in [-0.1, -0.05) is 97.1 Å². The summed E-state index contributed by atoms with van der Waals surface area (Å²) < 4.78 is 18.3. The monoisotopic (exact) mass is 710 g/mol. The molecule has 2 heterocycles. The van der Waals surface area contributed by atoms with Gasteiger partial charge in [0.2, 0.25) is 0 Å².